The third-order valence-electron chi connectivity index (χ3n) is 3.56. The van der Waals surface area contributed by atoms with Gasteiger partial charge in [0.2, 0.25) is 5.91 Å². The molecule has 0 saturated heterocycles. The number of methoxy groups -OCH3 is 1. The monoisotopic (exact) mass is 326 g/mol. The highest BCUT2D eigenvalue weighted by molar-refractivity contribution is 5.73. The zero-order valence-electron chi connectivity index (χ0n) is 13.4. The topological polar surface area (TPSA) is 97.7 Å². The van der Waals surface area contributed by atoms with E-state index in [1.807, 2.05) is 24.3 Å². The third kappa shape index (κ3) is 3.27. The zero-order chi connectivity index (χ0) is 16.9. The van der Waals surface area contributed by atoms with Gasteiger partial charge >= 0.3 is 0 Å². The summed E-state index contributed by atoms with van der Waals surface area (Å²) in [5.41, 5.74) is 1.65. The number of nitrogens with zero attached hydrogens (tertiary/aromatic N) is 4. The van der Waals surface area contributed by atoms with E-state index >= 15 is 0 Å². The van der Waals surface area contributed by atoms with E-state index in [-0.39, 0.29) is 11.9 Å². The number of amides is 1. The van der Waals surface area contributed by atoms with Crippen molar-refractivity contribution >= 4 is 5.91 Å². The summed E-state index contributed by atoms with van der Waals surface area (Å²) in [6.07, 6.45) is 5.31. The maximum absolute atomic E-state index is 11.6. The molecule has 8 heteroatoms. The van der Waals surface area contributed by atoms with Crippen LogP contribution in [-0.4, -0.2) is 37.7 Å². The number of hydrogen-bond acceptors (Lipinski definition) is 5. The van der Waals surface area contributed by atoms with Crippen LogP contribution in [0.15, 0.2) is 43.1 Å². The molecule has 1 aromatic carbocycles. The van der Waals surface area contributed by atoms with E-state index in [0.717, 1.165) is 11.4 Å². The minimum Gasteiger partial charge on any atom is -0.494 e. The van der Waals surface area contributed by atoms with E-state index in [1.54, 1.807) is 24.3 Å². The summed E-state index contributed by atoms with van der Waals surface area (Å²) in [5.74, 6) is 1.14. The second-order valence-electron chi connectivity index (χ2n) is 5.24. The number of benzene rings is 1. The average Bonchev–Trinajstić information content (AvgIpc) is 3.25. The van der Waals surface area contributed by atoms with Crippen LogP contribution >= 0.6 is 0 Å². The molecule has 0 aliphatic heterocycles. The van der Waals surface area contributed by atoms with E-state index in [0.29, 0.717) is 18.0 Å². The largest absolute Gasteiger partial charge is 0.494 e. The molecule has 2 aromatic heterocycles. The van der Waals surface area contributed by atoms with Gasteiger partial charge in [-0.25, -0.2) is 14.6 Å². The van der Waals surface area contributed by atoms with E-state index in [2.05, 4.69) is 25.4 Å². The molecule has 0 spiro atoms. The van der Waals surface area contributed by atoms with Crippen molar-refractivity contribution in [1.29, 1.82) is 0 Å². The molecule has 0 saturated carbocycles. The van der Waals surface area contributed by atoms with Gasteiger partial charge in [0.1, 0.15) is 17.8 Å². The summed E-state index contributed by atoms with van der Waals surface area (Å²) in [4.78, 5) is 23.0. The number of hydrogen-bond donors (Lipinski definition) is 2. The molecule has 2 heterocycles. The fourth-order valence-corrected chi connectivity index (χ4v) is 2.55. The van der Waals surface area contributed by atoms with Crippen LogP contribution in [0.4, 0.5) is 0 Å². The van der Waals surface area contributed by atoms with Gasteiger partial charge < -0.3 is 15.0 Å². The van der Waals surface area contributed by atoms with Crippen molar-refractivity contribution in [2.45, 2.75) is 19.4 Å². The number of ether oxygens (including phenoxy) is 1. The fraction of sp³-hybridized carbons (Fsp3) is 0.250. The van der Waals surface area contributed by atoms with E-state index in [4.69, 9.17) is 4.74 Å². The lowest BCUT2D eigenvalue weighted by Crippen LogP contribution is -2.30. The predicted molar refractivity (Wildman–Crippen MR) is 86.8 cm³/mol. The molecule has 1 amide bonds. The van der Waals surface area contributed by atoms with Crippen molar-refractivity contribution in [1.82, 2.24) is 30.0 Å². The molecule has 24 heavy (non-hydrogen) atoms. The number of H-pyrrole nitrogens is 1. The standard InChI is InChI=1S/C16H18N6O2/c1-11(23)21-13(7-12-8-17-9-18-12)16-19-10-20-22(16)14-5-3-4-6-15(14)24-2/h3-6,8-10,13H,7H2,1-2H3,(H,17,18)(H,21,23)/t13-/m0/s1. The van der Waals surface area contributed by atoms with Crippen LogP contribution in [0, 0.1) is 0 Å². The highest BCUT2D eigenvalue weighted by Gasteiger charge is 2.22. The second kappa shape index (κ2) is 6.95. The first kappa shape index (κ1) is 15.7. The van der Waals surface area contributed by atoms with Crippen molar-refractivity contribution < 1.29 is 9.53 Å². The van der Waals surface area contributed by atoms with Gasteiger partial charge in [-0.1, -0.05) is 12.1 Å². The smallest absolute Gasteiger partial charge is 0.217 e. The lowest BCUT2D eigenvalue weighted by Gasteiger charge is -2.18. The predicted octanol–water partition coefficient (Wildman–Crippen LogP) is 1.42. The van der Waals surface area contributed by atoms with Crippen molar-refractivity contribution in [3.05, 3.63) is 54.6 Å². The van der Waals surface area contributed by atoms with E-state index in [1.165, 1.54) is 13.3 Å². The van der Waals surface area contributed by atoms with Crippen LogP contribution in [0.25, 0.3) is 5.69 Å². The maximum Gasteiger partial charge on any atom is 0.217 e. The molecule has 1 atom stereocenters. The number of imidazole rings is 1. The van der Waals surface area contributed by atoms with Crippen LogP contribution < -0.4 is 10.1 Å². The Morgan fingerprint density at radius 2 is 2.25 bits per heavy atom. The Bertz CT molecular complexity index is 812. The lowest BCUT2D eigenvalue weighted by molar-refractivity contribution is -0.119. The molecule has 0 bridgehead atoms. The molecule has 8 nitrogen and oxygen atoms in total. The van der Waals surface area contributed by atoms with Crippen LogP contribution in [0.2, 0.25) is 0 Å². The number of aromatic amines is 1. The lowest BCUT2D eigenvalue weighted by atomic mass is 10.1. The SMILES string of the molecule is COc1ccccc1-n1ncnc1[C@H](Cc1cnc[nH]1)NC(C)=O. The first-order chi connectivity index (χ1) is 11.7. The summed E-state index contributed by atoms with van der Waals surface area (Å²) >= 11 is 0. The number of carbonyl (C=O) groups excluding carboxylic acids is 1. The first-order valence-corrected chi connectivity index (χ1v) is 7.46. The van der Waals surface area contributed by atoms with Crippen molar-refractivity contribution in [2.75, 3.05) is 7.11 Å². The third-order valence-corrected chi connectivity index (χ3v) is 3.56. The quantitative estimate of drug-likeness (QED) is 0.714. The number of aromatic nitrogens is 5. The molecule has 0 fully saturated rings. The Kier molecular flexibility index (Phi) is 4.55. The molecular weight excluding hydrogens is 308 g/mol. The van der Waals surface area contributed by atoms with Gasteiger partial charge in [0.05, 0.1) is 19.5 Å². The average molecular weight is 326 g/mol. The molecule has 0 aliphatic carbocycles. The first-order valence-electron chi connectivity index (χ1n) is 7.46. The van der Waals surface area contributed by atoms with E-state index < -0.39 is 0 Å². The molecule has 124 valence electrons. The number of nitrogens with one attached hydrogen (secondary N) is 2. The molecular formula is C16H18N6O2. The highest BCUT2D eigenvalue weighted by Crippen LogP contribution is 2.25. The summed E-state index contributed by atoms with van der Waals surface area (Å²) in [6, 6.07) is 7.16. The van der Waals surface area contributed by atoms with Gasteiger partial charge in [0.25, 0.3) is 0 Å². The van der Waals surface area contributed by atoms with Crippen molar-refractivity contribution in [3.63, 3.8) is 0 Å². The van der Waals surface area contributed by atoms with E-state index in [9.17, 15) is 4.79 Å². The van der Waals surface area contributed by atoms with Gasteiger partial charge in [0.15, 0.2) is 5.82 Å². The Morgan fingerprint density at radius 3 is 2.96 bits per heavy atom. The Labute approximate surface area is 138 Å². The highest BCUT2D eigenvalue weighted by atomic mass is 16.5. The molecule has 0 aliphatic rings. The normalized spacial score (nSPS) is 11.9. The van der Waals surface area contributed by atoms with Crippen LogP contribution in [-0.2, 0) is 11.2 Å². The van der Waals surface area contributed by atoms with Gasteiger partial charge in [0, 0.05) is 25.2 Å². The Balaban J connectivity index is 2.00. The Hall–Kier alpha value is -3.16. The summed E-state index contributed by atoms with van der Waals surface area (Å²) in [7, 11) is 1.60. The van der Waals surface area contributed by atoms with Crippen LogP contribution in [0.5, 0.6) is 5.75 Å². The molecule has 2 N–H and O–H groups in total. The minimum absolute atomic E-state index is 0.144. The molecule has 0 radical (unpaired) electrons. The number of carbonyl (C=O) groups is 1. The molecule has 3 rings (SSSR count). The van der Waals surface area contributed by atoms with Crippen molar-refractivity contribution in [2.24, 2.45) is 0 Å². The summed E-state index contributed by atoms with van der Waals surface area (Å²) in [6.45, 7) is 1.48. The maximum atomic E-state index is 11.6. The van der Waals surface area contributed by atoms with Crippen LogP contribution in [0.1, 0.15) is 24.5 Å². The van der Waals surface area contributed by atoms with Gasteiger partial charge in [-0.05, 0) is 12.1 Å². The Morgan fingerprint density at radius 1 is 1.42 bits per heavy atom. The van der Waals surface area contributed by atoms with Gasteiger partial charge in [-0.2, -0.15) is 5.10 Å². The number of para-hydroxylation sites is 2. The van der Waals surface area contributed by atoms with Gasteiger partial charge in [-0.15, -0.1) is 0 Å². The fourth-order valence-electron chi connectivity index (χ4n) is 2.55. The van der Waals surface area contributed by atoms with Crippen LogP contribution in [0.3, 0.4) is 0 Å². The molecule has 0 unspecified atom stereocenters. The zero-order valence-corrected chi connectivity index (χ0v) is 13.4. The second-order valence-corrected chi connectivity index (χ2v) is 5.24. The summed E-state index contributed by atoms with van der Waals surface area (Å²) < 4.78 is 7.08. The number of rotatable bonds is 6. The van der Waals surface area contributed by atoms with Crippen molar-refractivity contribution in [3.8, 4) is 11.4 Å². The minimum atomic E-state index is -0.352. The molecule has 3 aromatic rings. The summed E-state index contributed by atoms with van der Waals surface area (Å²) in [5, 5.41) is 7.22. The van der Waals surface area contributed by atoms with Gasteiger partial charge in [-0.3, -0.25) is 4.79 Å².